The Labute approximate surface area is 122 Å². The van der Waals surface area contributed by atoms with Crippen LogP contribution in [0.3, 0.4) is 0 Å². The zero-order chi connectivity index (χ0) is 15.0. The number of rotatable bonds is 5. The highest BCUT2D eigenvalue weighted by Crippen LogP contribution is 2.35. The van der Waals surface area contributed by atoms with Gasteiger partial charge in [0.05, 0.1) is 29.8 Å². The number of nitrogens with one attached hydrogen (secondary N) is 1. The Morgan fingerprint density at radius 1 is 1.38 bits per heavy atom. The number of ether oxygens (including phenoxy) is 1. The topological polar surface area (TPSA) is 84.7 Å². The first-order valence-electron chi connectivity index (χ1n) is 7.00. The van der Waals surface area contributed by atoms with E-state index < -0.39 is 4.92 Å². The summed E-state index contributed by atoms with van der Waals surface area (Å²) < 4.78 is 5.21. The first kappa shape index (κ1) is 13.8. The predicted octanol–water partition coefficient (Wildman–Crippen LogP) is 1.46. The van der Waals surface area contributed by atoms with Crippen molar-refractivity contribution < 1.29 is 14.5 Å². The molecule has 1 N–H and O–H groups in total. The number of methoxy groups -OCH3 is 1. The lowest BCUT2D eigenvalue weighted by atomic mass is 10.2. The van der Waals surface area contributed by atoms with Crippen LogP contribution in [-0.2, 0) is 4.79 Å². The number of carbonyl (C=O) groups is 1. The van der Waals surface area contributed by atoms with Gasteiger partial charge in [0.15, 0.2) is 0 Å². The number of carbonyl (C=O) groups excluding carboxylic acids is 1. The van der Waals surface area contributed by atoms with Gasteiger partial charge in [-0.15, -0.1) is 0 Å². The van der Waals surface area contributed by atoms with E-state index in [0.29, 0.717) is 24.0 Å². The molecule has 1 aromatic rings. The number of hydrogen-bond acceptors (Lipinski definition) is 5. The van der Waals surface area contributed by atoms with Crippen LogP contribution in [0.5, 0.6) is 5.75 Å². The molecule has 2 aliphatic rings. The molecule has 1 unspecified atom stereocenters. The summed E-state index contributed by atoms with van der Waals surface area (Å²) >= 11 is 0. The zero-order valence-electron chi connectivity index (χ0n) is 11.7. The zero-order valence-corrected chi connectivity index (χ0v) is 11.7. The third kappa shape index (κ3) is 2.69. The Morgan fingerprint density at radius 2 is 2.14 bits per heavy atom. The summed E-state index contributed by atoms with van der Waals surface area (Å²) in [6.45, 7) is 0.595. The molecule has 1 saturated heterocycles. The summed E-state index contributed by atoms with van der Waals surface area (Å²) in [6.07, 6.45) is 3.00. The van der Waals surface area contributed by atoms with Gasteiger partial charge >= 0.3 is 0 Å². The molecular weight excluding hydrogens is 274 g/mol. The van der Waals surface area contributed by atoms with E-state index in [0.717, 1.165) is 19.3 Å². The minimum Gasteiger partial charge on any atom is -0.494 e. The van der Waals surface area contributed by atoms with Gasteiger partial charge < -0.3 is 15.0 Å². The number of amides is 1. The second kappa shape index (κ2) is 5.33. The SMILES string of the molecule is COc1cc([N+](=O)[O-])ccc1N1CCC(NC2CC2)C1=O. The lowest BCUT2D eigenvalue weighted by molar-refractivity contribution is -0.384. The van der Waals surface area contributed by atoms with Gasteiger partial charge in [0.25, 0.3) is 5.69 Å². The number of hydrogen-bond donors (Lipinski definition) is 1. The van der Waals surface area contributed by atoms with Crippen molar-refractivity contribution in [3.05, 3.63) is 28.3 Å². The molecular formula is C14H17N3O4. The van der Waals surface area contributed by atoms with Gasteiger partial charge in [0.2, 0.25) is 5.91 Å². The molecule has 1 aliphatic carbocycles. The third-order valence-electron chi connectivity index (χ3n) is 3.88. The smallest absolute Gasteiger partial charge is 0.273 e. The van der Waals surface area contributed by atoms with Crippen molar-refractivity contribution in [3.63, 3.8) is 0 Å². The Hall–Kier alpha value is -2.15. The molecule has 2 fully saturated rings. The van der Waals surface area contributed by atoms with Crippen LogP contribution in [0.2, 0.25) is 0 Å². The maximum absolute atomic E-state index is 12.4. The highest BCUT2D eigenvalue weighted by atomic mass is 16.6. The monoisotopic (exact) mass is 291 g/mol. The molecule has 7 nitrogen and oxygen atoms in total. The second-order valence-electron chi connectivity index (χ2n) is 5.39. The lowest BCUT2D eigenvalue weighted by Gasteiger charge is -2.19. The van der Waals surface area contributed by atoms with E-state index in [4.69, 9.17) is 4.74 Å². The van der Waals surface area contributed by atoms with Crippen LogP contribution in [-0.4, -0.2) is 36.6 Å². The van der Waals surface area contributed by atoms with Crippen LogP contribution in [0.15, 0.2) is 18.2 Å². The molecule has 112 valence electrons. The summed E-state index contributed by atoms with van der Waals surface area (Å²) in [5.74, 6) is 0.360. The molecule has 3 rings (SSSR count). The molecule has 1 atom stereocenters. The average molecular weight is 291 g/mol. The summed E-state index contributed by atoms with van der Waals surface area (Å²) in [6, 6.07) is 4.64. The van der Waals surface area contributed by atoms with Crippen molar-refractivity contribution >= 4 is 17.3 Å². The molecule has 1 amide bonds. The summed E-state index contributed by atoms with van der Waals surface area (Å²) in [4.78, 5) is 24.4. The summed E-state index contributed by atoms with van der Waals surface area (Å²) in [5.41, 5.74) is 0.545. The molecule has 0 bridgehead atoms. The minimum absolute atomic E-state index is 0.00838. The number of anilines is 1. The van der Waals surface area contributed by atoms with Gasteiger partial charge in [0, 0.05) is 18.7 Å². The van der Waals surface area contributed by atoms with Crippen molar-refractivity contribution in [1.29, 1.82) is 0 Å². The van der Waals surface area contributed by atoms with Crippen LogP contribution < -0.4 is 15.0 Å². The molecule has 0 aromatic heterocycles. The molecule has 1 heterocycles. The van der Waals surface area contributed by atoms with Crippen LogP contribution in [0, 0.1) is 10.1 Å². The van der Waals surface area contributed by atoms with Gasteiger partial charge in [-0.3, -0.25) is 14.9 Å². The fourth-order valence-corrected chi connectivity index (χ4v) is 2.61. The third-order valence-corrected chi connectivity index (χ3v) is 3.88. The molecule has 7 heteroatoms. The van der Waals surface area contributed by atoms with E-state index in [1.807, 2.05) is 0 Å². The summed E-state index contributed by atoms with van der Waals surface area (Å²) in [7, 11) is 1.45. The van der Waals surface area contributed by atoms with Gasteiger partial charge in [-0.25, -0.2) is 0 Å². The Balaban J connectivity index is 1.82. The van der Waals surface area contributed by atoms with Gasteiger partial charge in [0.1, 0.15) is 5.75 Å². The van der Waals surface area contributed by atoms with Gasteiger partial charge in [-0.05, 0) is 25.3 Å². The first-order chi connectivity index (χ1) is 10.1. The number of benzene rings is 1. The van der Waals surface area contributed by atoms with E-state index in [-0.39, 0.29) is 17.6 Å². The standard InChI is InChI=1S/C14H17N3O4/c1-21-13-8-10(17(19)20)4-5-12(13)16-7-6-11(14(16)18)15-9-2-3-9/h4-5,8-9,11,15H,2-3,6-7H2,1H3. The van der Waals surface area contributed by atoms with Crippen LogP contribution in [0.4, 0.5) is 11.4 Å². The lowest BCUT2D eigenvalue weighted by Crippen LogP contribution is -2.39. The van der Waals surface area contributed by atoms with Crippen LogP contribution in [0.25, 0.3) is 0 Å². The van der Waals surface area contributed by atoms with Gasteiger partial charge in [-0.2, -0.15) is 0 Å². The molecule has 0 radical (unpaired) electrons. The van der Waals surface area contributed by atoms with Crippen LogP contribution >= 0.6 is 0 Å². The predicted molar refractivity (Wildman–Crippen MR) is 76.6 cm³/mol. The molecule has 0 spiro atoms. The first-order valence-corrected chi connectivity index (χ1v) is 7.00. The number of non-ortho nitro benzene ring substituents is 1. The van der Waals surface area contributed by atoms with Crippen molar-refractivity contribution in [2.75, 3.05) is 18.6 Å². The fraction of sp³-hybridized carbons (Fsp3) is 0.500. The number of nitro groups is 1. The average Bonchev–Trinajstić information content (AvgIpc) is 3.22. The Kier molecular flexibility index (Phi) is 3.50. The van der Waals surface area contributed by atoms with Gasteiger partial charge in [-0.1, -0.05) is 0 Å². The van der Waals surface area contributed by atoms with Crippen molar-refractivity contribution in [2.45, 2.75) is 31.3 Å². The molecule has 21 heavy (non-hydrogen) atoms. The van der Waals surface area contributed by atoms with E-state index in [2.05, 4.69) is 5.32 Å². The maximum Gasteiger partial charge on any atom is 0.273 e. The second-order valence-corrected chi connectivity index (χ2v) is 5.39. The largest absolute Gasteiger partial charge is 0.494 e. The summed E-state index contributed by atoms with van der Waals surface area (Å²) in [5, 5.41) is 14.1. The van der Waals surface area contributed by atoms with Crippen molar-refractivity contribution in [1.82, 2.24) is 5.32 Å². The van der Waals surface area contributed by atoms with E-state index in [1.165, 1.54) is 19.2 Å². The van der Waals surface area contributed by atoms with E-state index >= 15 is 0 Å². The van der Waals surface area contributed by atoms with E-state index in [9.17, 15) is 14.9 Å². The highest BCUT2D eigenvalue weighted by Gasteiger charge is 2.37. The molecule has 1 aliphatic heterocycles. The molecule has 1 saturated carbocycles. The molecule has 1 aromatic carbocycles. The fourth-order valence-electron chi connectivity index (χ4n) is 2.61. The van der Waals surface area contributed by atoms with Crippen molar-refractivity contribution in [3.8, 4) is 5.75 Å². The maximum atomic E-state index is 12.4. The Bertz CT molecular complexity index is 586. The van der Waals surface area contributed by atoms with Crippen LogP contribution in [0.1, 0.15) is 19.3 Å². The number of nitro benzene ring substituents is 1. The minimum atomic E-state index is -0.477. The normalized spacial score (nSPS) is 21.7. The number of nitrogens with zero attached hydrogens (tertiary/aromatic N) is 2. The quantitative estimate of drug-likeness (QED) is 0.656. The Morgan fingerprint density at radius 3 is 2.76 bits per heavy atom. The highest BCUT2D eigenvalue weighted by molar-refractivity contribution is 6.00. The van der Waals surface area contributed by atoms with E-state index in [1.54, 1.807) is 11.0 Å². The van der Waals surface area contributed by atoms with Crippen molar-refractivity contribution in [2.24, 2.45) is 0 Å².